The lowest BCUT2D eigenvalue weighted by molar-refractivity contribution is 0.0599. The first-order valence-electron chi connectivity index (χ1n) is 14.4. The van der Waals surface area contributed by atoms with Crippen LogP contribution < -0.4 is 0 Å². The lowest BCUT2D eigenvalue weighted by Crippen LogP contribution is -2.05. The van der Waals surface area contributed by atoms with Crippen LogP contribution in [-0.4, -0.2) is 25.0 Å². The fraction of sp³-hybridized carbons (Fsp3) is 0.333. The molecule has 0 aromatic heterocycles. The maximum absolute atomic E-state index is 12.0. The van der Waals surface area contributed by atoms with E-state index >= 15 is 0 Å². The Hall–Kier alpha value is -3.08. The highest BCUT2D eigenvalue weighted by Gasteiger charge is 2.11. The number of carbonyl (C=O) groups is 1. The van der Waals surface area contributed by atoms with E-state index in [2.05, 4.69) is 81.1 Å². The standard InChI is InChI=1S/C30H28ClNO2.C3H8.C2H6.CH4S/c1-34-30(33)28-17-3-2-11-24(28)12-5-10-22-8-4-9-23(20-22)18-19-27-16-7-14-25-13-6-15-26(31)21-29(25)32-27;1-3-2;2*1-2/h2-4,7-9,11,13,15-21H,5-6,10,12,14H2,1H3;3H2,1-2H3;1-2H3;2H,1H3/b19-18+;;;. The summed E-state index contributed by atoms with van der Waals surface area (Å²) in [6.45, 7) is 8.25. The number of rotatable bonds is 7. The molecule has 0 saturated carbocycles. The third-order valence-electron chi connectivity index (χ3n) is 5.89. The number of benzene rings is 2. The minimum absolute atomic E-state index is 0.279. The smallest absolute Gasteiger partial charge is 0.338 e. The average Bonchev–Trinajstić information content (AvgIpc) is 3.30. The molecule has 1 aliphatic carbocycles. The summed E-state index contributed by atoms with van der Waals surface area (Å²) in [6, 6.07) is 16.2. The van der Waals surface area contributed by atoms with Gasteiger partial charge >= 0.3 is 5.97 Å². The molecule has 4 rings (SSSR count). The number of esters is 1. The number of hydrogen-bond acceptors (Lipinski definition) is 4. The summed E-state index contributed by atoms with van der Waals surface area (Å²) in [5.41, 5.74) is 7.13. The highest BCUT2D eigenvalue weighted by molar-refractivity contribution is 7.79. The fourth-order valence-corrected chi connectivity index (χ4v) is 4.33. The van der Waals surface area contributed by atoms with Gasteiger partial charge in [0.2, 0.25) is 0 Å². The molecule has 220 valence electrons. The molecule has 0 unspecified atom stereocenters. The second kappa shape index (κ2) is 21.6. The zero-order chi connectivity index (χ0) is 30.5. The average molecular weight is 592 g/mol. The highest BCUT2D eigenvalue weighted by Crippen LogP contribution is 2.26. The van der Waals surface area contributed by atoms with Crippen LogP contribution in [-0.2, 0) is 17.6 Å². The summed E-state index contributed by atoms with van der Waals surface area (Å²) in [5, 5.41) is 0.733. The van der Waals surface area contributed by atoms with Crippen molar-refractivity contribution in [1.82, 2.24) is 0 Å². The number of aliphatic imine (C=N–C) groups is 1. The van der Waals surface area contributed by atoms with Gasteiger partial charge in [-0.2, -0.15) is 12.6 Å². The van der Waals surface area contributed by atoms with E-state index < -0.39 is 0 Å². The molecule has 41 heavy (non-hydrogen) atoms. The van der Waals surface area contributed by atoms with Gasteiger partial charge in [0.25, 0.3) is 0 Å². The van der Waals surface area contributed by atoms with Crippen LogP contribution in [0, 0.1) is 0 Å². The van der Waals surface area contributed by atoms with Crippen LogP contribution >= 0.6 is 24.2 Å². The first kappa shape index (κ1) is 35.9. The zero-order valence-electron chi connectivity index (χ0n) is 25.5. The van der Waals surface area contributed by atoms with Gasteiger partial charge in [0.05, 0.1) is 24.1 Å². The van der Waals surface area contributed by atoms with Gasteiger partial charge in [-0.25, -0.2) is 9.79 Å². The lowest BCUT2D eigenvalue weighted by atomic mass is 9.99. The zero-order valence-corrected chi connectivity index (χ0v) is 27.1. The van der Waals surface area contributed by atoms with E-state index in [9.17, 15) is 4.79 Å². The third kappa shape index (κ3) is 13.0. The maximum Gasteiger partial charge on any atom is 0.338 e. The van der Waals surface area contributed by atoms with Gasteiger partial charge in [0, 0.05) is 5.03 Å². The Bertz CT molecular complexity index is 1270. The Kier molecular flexibility index (Phi) is 19.0. The Morgan fingerprint density at radius 3 is 2.49 bits per heavy atom. The molecule has 5 heteroatoms. The molecule has 1 aliphatic heterocycles. The van der Waals surface area contributed by atoms with Crippen LogP contribution in [0.1, 0.15) is 80.4 Å². The van der Waals surface area contributed by atoms with Gasteiger partial charge in [-0.1, -0.05) is 112 Å². The number of allylic oxidation sites excluding steroid dienone is 8. The topological polar surface area (TPSA) is 38.7 Å². The van der Waals surface area contributed by atoms with E-state index in [1.54, 1.807) is 6.26 Å². The van der Waals surface area contributed by atoms with E-state index in [0.717, 1.165) is 59.7 Å². The molecule has 0 atom stereocenters. The normalized spacial score (nSPS) is 13.6. The molecule has 3 nitrogen and oxygen atoms in total. The van der Waals surface area contributed by atoms with Crippen molar-refractivity contribution in [3.05, 3.63) is 124 Å². The van der Waals surface area contributed by atoms with Crippen LogP contribution in [0.25, 0.3) is 6.08 Å². The number of carbonyl (C=O) groups excluding carboxylic acids is 1. The van der Waals surface area contributed by atoms with E-state index in [1.165, 1.54) is 24.7 Å². The first-order valence-corrected chi connectivity index (χ1v) is 15.7. The van der Waals surface area contributed by atoms with Crippen LogP contribution in [0.5, 0.6) is 0 Å². The number of halogens is 1. The Morgan fingerprint density at radius 2 is 1.76 bits per heavy atom. The van der Waals surface area contributed by atoms with Gasteiger partial charge in [0.15, 0.2) is 0 Å². The number of methoxy groups -OCH3 is 1. The van der Waals surface area contributed by atoms with Gasteiger partial charge in [-0.05, 0) is 84.9 Å². The summed E-state index contributed by atoms with van der Waals surface area (Å²) in [4.78, 5) is 16.8. The third-order valence-corrected chi connectivity index (χ3v) is 6.15. The molecule has 2 aromatic carbocycles. The predicted octanol–water partition coefficient (Wildman–Crippen LogP) is 10.4. The molecule has 0 amide bonds. The minimum atomic E-state index is -0.279. The van der Waals surface area contributed by atoms with Crippen molar-refractivity contribution in [2.45, 2.75) is 66.2 Å². The number of fused-ring (bicyclic) bond motifs is 1. The first-order chi connectivity index (χ1) is 20.0. The Morgan fingerprint density at radius 1 is 1.02 bits per heavy atom. The highest BCUT2D eigenvalue weighted by atomic mass is 35.5. The van der Waals surface area contributed by atoms with Gasteiger partial charge in [-0.3, -0.25) is 0 Å². The molecule has 2 aliphatic rings. The van der Waals surface area contributed by atoms with Gasteiger partial charge < -0.3 is 4.74 Å². The molecular formula is C36H46ClNO2S. The number of thiol groups is 1. The molecule has 0 saturated heterocycles. The van der Waals surface area contributed by atoms with E-state index in [4.69, 9.17) is 21.3 Å². The minimum Gasteiger partial charge on any atom is -0.465 e. The number of hydrogen-bond donors (Lipinski definition) is 1. The largest absolute Gasteiger partial charge is 0.465 e. The predicted molar refractivity (Wildman–Crippen MR) is 183 cm³/mol. The van der Waals surface area contributed by atoms with Gasteiger partial charge in [0.1, 0.15) is 0 Å². The molecule has 0 N–H and O–H groups in total. The van der Waals surface area contributed by atoms with Crippen molar-refractivity contribution in [3.8, 4) is 0 Å². The quantitative estimate of drug-likeness (QED) is 0.257. The van der Waals surface area contributed by atoms with Crippen LogP contribution in [0.3, 0.4) is 0 Å². The Labute approximate surface area is 258 Å². The second-order valence-electron chi connectivity index (χ2n) is 9.01. The van der Waals surface area contributed by atoms with Crippen molar-refractivity contribution in [2.24, 2.45) is 4.99 Å². The number of ether oxygens (including phenoxy) is 1. The SMILES string of the molecule is CC.CCC.COC(=O)c1ccccc1CCCc1cccc(/C=C/C2=NC3=CC(Cl)=CCC=C3CC=C2)c1.CS. The van der Waals surface area contributed by atoms with E-state index in [-0.39, 0.29) is 5.97 Å². The number of nitrogens with zero attached hydrogens (tertiary/aromatic N) is 1. The molecule has 0 radical (unpaired) electrons. The molecule has 0 spiro atoms. The van der Waals surface area contributed by atoms with Crippen molar-refractivity contribution >= 4 is 42.0 Å². The summed E-state index contributed by atoms with van der Waals surface area (Å²) in [7, 11) is 1.42. The summed E-state index contributed by atoms with van der Waals surface area (Å²) >= 11 is 9.79. The van der Waals surface area contributed by atoms with Crippen LogP contribution in [0.15, 0.2) is 106 Å². The van der Waals surface area contributed by atoms with Crippen molar-refractivity contribution in [3.63, 3.8) is 0 Å². The van der Waals surface area contributed by atoms with Crippen LogP contribution in [0.4, 0.5) is 0 Å². The van der Waals surface area contributed by atoms with Crippen molar-refractivity contribution < 1.29 is 9.53 Å². The van der Waals surface area contributed by atoms with E-state index in [1.807, 2.05) is 50.3 Å². The summed E-state index contributed by atoms with van der Waals surface area (Å²) in [5.74, 6) is -0.279. The molecule has 1 heterocycles. The monoisotopic (exact) mass is 591 g/mol. The van der Waals surface area contributed by atoms with Crippen molar-refractivity contribution in [2.75, 3.05) is 13.4 Å². The van der Waals surface area contributed by atoms with Gasteiger partial charge in [-0.15, -0.1) is 0 Å². The molecule has 0 fully saturated rings. The van der Waals surface area contributed by atoms with Crippen molar-refractivity contribution in [1.29, 1.82) is 0 Å². The maximum atomic E-state index is 12.0. The fourth-order valence-electron chi connectivity index (χ4n) is 4.13. The molecule has 2 aromatic rings. The second-order valence-corrected chi connectivity index (χ2v) is 9.45. The summed E-state index contributed by atoms with van der Waals surface area (Å²) < 4.78 is 4.91. The lowest BCUT2D eigenvalue weighted by Gasteiger charge is -2.08. The summed E-state index contributed by atoms with van der Waals surface area (Å²) in [6.07, 6.45) is 21.9. The molecule has 0 bridgehead atoms. The van der Waals surface area contributed by atoms with Crippen LogP contribution in [0.2, 0.25) is 0 Å². The Balaban J connectivity index is 0.00000110. The van der Waals surface area contributed by atoms with E-state index in [0.29, 0.717) is 5.56 Å². The number of aryl methyl sites for hydroxylation is 2. The molecular weight excluding hydrogens is 546 g/mol.